The van der Waals surface area contributed by atoms with Crippen LogP contribution in [-0.2, 0) is 11.3 Å². The zero-order valence-corrected chi connectivity index (χ0v) is 14.2. The molecule has 1 fully saturated rings. The number of hydrogen-bond acceptors (Lipinski definition) is 4. The summed E-state index contributed by atoms with van der Waals surface area (Å²) in [7, 11) is 0. The molecular formula is C16H18N2O2S2. The summed E-state index contributed by atoms with van der Waals surface area (Å²) in [5.41, 5.74) is 0.899. The van der Waals surface area contributed by atoms with Crippen LogP contribution in [0, 0.1) is 19.8 Å². The fourth-order valence-corrected chi connectivity index (χ4v) is 3.99. The lowest BCUT2D eigenvalue weighted by atomic mass is 10.2. The molecule has 0 aliphatic heterocycles. The van der Waals surface area contributed by atoms with E-state index in [0.29, 0.717) is 11.4 Å². The van der Waals surface area contributed by atoms with E-state index in [1.807, 2.05) is 32.0 Å². The van der Waals surface area contributed by atoms with Crippen molar-refractivity contribution in [1.82, 2.24) is 5.32 Å². The Balaban J connectivity index is 1.61. The largest absolute Gasteiger partial charge is 0.346 e. The number of carbonyl (C=O) groups excluding carboxylic acids is 2. The average Bonchev–Trinajstić information content (AvgIpc) is 3.16. The van der Waals surface area contributed by atoms with Gasteiger partial charge in [0.2, 0.25) is 5.91 Å². The average molecular weight is 334 g/mol. The van der Waals surface area contributed by atoms with Crippen molar-refractivity contribution in [2.45, 2.75) is 33.2 Å². The second-order valence-electron chi connectivity index (χ2n) is 5.58. The molecule has 1 aliphatic rings. The molecule has 3 rings (SSSR count). The first-order chi connectivity index (χ1) is 10.5. The van der Waals surface area contributed by atoms with Gasteiger partial charge in [-0.1, -0.05) is 0 Å². The van der Waals surface area contributed by atoms with E-state index in [9.17, 15) is 9.59 Å². The van der Waals surface area contributed by atoms with Gasteiger partial charge in [-0.25, -0.2) is 0 Å². The van der Waals surface area contributed by atoms with E-state index in [4.69, 9.17) is 0 Å². The summed E-state index contributed by atoms with van der Waals surface area (Å²) >= 11 is 3.03. The third kappa shape index (κ3) is 3.56. The number of amides is 2. The fourth-order valence-electron chi connectivity index (χ4n) is 2.17. The van der Waals surface area contributed by atoms with Crippen LogP contribution in [0.1, 0.15) is 37.8 Å². The van der Waals surface area contributed by atoms with Gasteiger partial charge in [0.25, 0.3) is 5.91 Å². The van der Waals surface area contributed by atoms with Gasteiger partial charge in [0.15, 0.2) is 0 Å². The molecule has 2 amide bonds. The summed E-state index contributed by atoms with van der Waals surface area (Å²) in [5, 5.41) is 6.60. The molecular weight excluding hydrogens is 316 g/mol. The highest BCUT2D eigenvalue weighted by Crippen LogP contribution is 2.32. The molecule has 2 N–H and O–H groups in total. The van der Waals surface area contributed by atoms with E-state index in [-0.39, 0.29) is 17.7 Å². The molecule has 1 aliphatic carbocycles. The van der Waals surface area contributed by atoms with Crippen molar-refractivity contribution in [2.24, 2.45) is 5.92 Å². The van der Waals surface area contributed by atoms with Crippen molar-refractivity contribution in [1.29, 1.82) is 0 Å². The highest BCUT2D eigenvalue weighted by molar-refractivity contribution is 7.18. The Morgan fingerprint density at radius 1 is 1.23 bits per heavy atom. The zero-order valence-electron chi connectivity index (χ0n) is 12.6. The Morgan fingerprint density at radius 3 is 2.64 bits per heavy atom. The molecule has 0 aromatic carbocycles. The Morgan fingerprint density at radius 2 is 2.00 bits per heavy atom. The van der Waals surface area contributed by atoms with Crippen molar-refractivity contribution in [2.75, 3.05) is 5.32 Å². The maximum atomic E-state index is 12.3. The number of thiophene rings is 2. The van der Waals surface area contributed by atoms with Crippen LogP contribution in [0.25, 0.3) is 0 Å². The summed E-state index contributed by atoms with van der Waals surface area (Å²) in [5.74, 6) is 0.157. The number of nitrogens with one attached hydrogen (secondary N) is 2. The molecule has 22 heavy (non-hydrogen) atoms. The SMILES string of the molecule is Cc1ccc(CNC(=O)c2sc(NC(=O)C3CC3)cc2C)s1. The minimum absolute atomic E-state index is 0.0715. The fraction of sp³-hybridized carbons (Fsp3) is 0.375. The molecule has 0 saturated heterocycles. The molecule has 0 bridgehead atoms. The van der Waals surface area contributed by atoms with Crippen LogP contribution in [0.4, 0.5) is 5.00 Å². The molecule has 2 aromatic rings. The lowest BCUT2D eigenvalue weighted by molar-refractivity contribution is -0.117. The minimum atomic E-state index is -0.0829. The zero-order chi connectivity index (χ0) is 15.7. The van der Waals surface area contributed by atoms with Crippen LogP contribution in [0.3, 0.4) is 0 Å². The van der Waals surface area contributed by atoms with Gasteiger partial charge in [-0.05, 0) is 50.5 Å². The van der Waals surface area contributed by atoms with Crippen molar-refractivity contribution >= 4 is 39.5 Å². The minimum Gasteiger partial charge on any atom is -0.346 e. The molecule has 2 heterocycles. The maximum absolute atomic E-state index is 12.3. The molecule has 0 atom stereocenters. The van der Waals surface area contributed by atoms with Gasteiger partial charge >= 0.3 is 0 Å². The lowest BCUT2D eigenvalue weighted by Gasteiger charge is -2.02. The number of aryl methyl sites for hydroxylation is 2. The van der Waals surface area contributed by atoms with Crippen LogP contribution in [0.2, 0.25) is 0 Å². The molecule has 6 heteroatoms. The first-order valence-corrected chi connectivity index (χ1v) is 8.91. The van der Waals surface area contributed by atoms with Gasteiger partial charge in [-0.2, -0.15) is 0 Å². The number of rotatable bonds is 5. The molecule has 4 nitrogen and oxygen atoms in total. The maximum Gasteiger partial charge on any atom is 0.261 e. The summed E-state index contributed by atoms with van der Waals surface area (Å²) < 4.78 is 0. The summed E-state index contributed by atoms with van der Waals surface area (Å²) in [4.78, 5) is 27.1. The monoisotopic (exact) mass is 334 g/mol. The van der Waals surface area contributed by atoms with E-state index in [1.165, 1.54) is 16.2 Å². The van der Waals surface area contributed by atoms with Gasteiger partial charge in [0, 0.05) is 15.7 Å². The summed E-state index contributed by atoms with van der Waals surface area (Å²) in [6.07, 6.45) is 1.95. The smallest absolute Gasteiger partial charge is 0.261 e. The van der Waals surface area contributed by atoms with E-state index >= 15 is 0 Å². The van der Waals surface area contributed by atoms with Gasteiger partial charge < -0.3 is 10.6 Å². The number of anilines is 1. The van der Waals surface area contributed by atoms with E-state index in [0.717, 1.165) is 28.3 Å². The standard InChI is InChI=1S/C16H18N2O2S2/c1-9-7-13(18-15(19)11-4-5-11)22-14(9)16(20)17-8-12-6-3-10(2)21-12/h3,6-7,11H,4-5,8H2,1-2H3,(H,17,20)(H,18,19). The molecule has 116 valence electrons. The quantitative estimate of drug-likeness (QED) is 0.876. The van der Waals surface area contributed by atoms with Crippen molar-refractivity contribution in [3.8, 4) is 0 Å². The third-order valence-electron chi connectivity index (χ3n) is 3.54. The first kappa shape index (κ1) is 15.2. The molecule has 1 saturated carbocycles. The molecule has 0 radical (unpaired) electrons. The number of hydrogen-bond donors (Lipinski definition) is 2. The second-order valence-corrected chi connectivity index (χ2v) is 8.01. The normalized spacial score (nSPS) is 13.9. The van der Waals surface area contributed by atoms with Gasteiger partial charge in [-0.3, -0.25) is 9.59 Å². The number of carbonyl (C=O) groups is 2. The van der Waals surface area contributed by atoms with Gasteiger partial charge in [0.1, 0.15) is 0 Å². The lowest BCUT2D eigenvalue weighted by Crippen LogP contribution is -2.21. The van der Waals surface area contributed by atoms with Crippen LogP contribution >= 0.6 is 22.7 Å². The van der Waals surface area contributed by atoms with Crippen LogP contribution in [0.15, 0.2) is 18.2 Å². The van der Waals surface area contributed by atoms with Gasteiger partial charge in [0.05, 0.1) is 16.4 Å². The predicted octanol–water partition coefficient (Wildman–Crippen LogP) is 3.70. The molecule has 0 unspecified atom stereocenters. The van der Waals surface area contributed by atoms with Crippen LogP contribution in [-0.4, -0.2) is 11.8 Å². The van der Waals surface area contributed by atoms with Crippen LogP contribution in [0.5, 0.6) is 0 Å². The predicted molar refractivity (Wildman–Crippen MR) is 90.6 cm³/mol. The highest BCUT2D eigenvalue weighted by Gasteiger charge is 2.30. The molecule has 2 aromatic heterocycles. The highest BCUT2D eigenvalue weighted by atomic mass is 32.1. The summed E-state index contributed by atoms with van der Waals surface area (Å²) in [6.45, 7) is 4.49. The van der Waals surface area contributed by atoms with Crippen molar-refractivity contribution in [3.63, 3.8) is 0 Å². The molecule has 0 spiro atoms. The topological polar surface area (TPSA) is 58.2 Å². The Bertz CT molecular complexity index is 714. The third-order valence-corrected chi connectivity index (χ3v) is 5.69. The summed E-state index contributed by atoms with van der Waals surface area (Å²) in [6, 6.07) is 5.95. The first-order valence-electron chi connectivity index (χ1n) is 7.28. The Labute approximate surface area is 137 Å². The Hall–Kier alpha value is -1.66. The van der Waals surface area contributed by atoms with E-state index < -0.39 is 0 Å². The van der Waals surface area contributed by atoms with E-state index in [2.05, 4.69) is 10.6 Å². The van der Waals surface area contributed by atoms with Crippen molar-refractivity contribution in [3.05, 3.63) is 38.4 Å². The van der Waals surface area contributed by atoms with Crippen LogP contribution < -0.4 is 10.6 Å². The van der Waals surface area contributed by atoms with E-state index in [1.54, 1.807) is 11.3 Å². The van der Waals surface area contributed by atoms with Gasteiger partial charge in [-0.15, -0.1) is 22.7 Å². The second kappa shape index (κ2) is 6.22. The van der Waals surface area contributed by atoms with Crippen molar-refractivity contribution < 1.29 is 9.59 Å². The Kier molecular flexibility index (Phi) is 4.31.